The molecule has 0 saturated heterocycles. The smallest absolute Gasteiger partial charge is 0.224 e. The van der Waals surface area contributed by atoms with Crippen molar-refractivity contribution in [2.24, 2.45) is 0 Å². The van der Waals surface area contributed by atoms with Crippen LogP contribution in [0.2, 0.25) is 0 Å². The number of rotatable bonds is 4. The van der Waals surface area contributed by atoms with Crippen molar-refractivity contribution in [1.82, 2.24) is 5.32 Å². The normalized spacial score (nSPS) is 17.3. The molecule has 0 unspecified atom stereocenters. The molecule has 0 aromatic heterocycles. The van der Waals surface area contributed by atoms with Crippen LogP contribution in [0.1, 0.15) is 30.4 Å². The van der Waals surface area contributed by atoms with Gasteiger partial charge in [-0.3, -0.25) is 4.79 Å². The van der Waals surface area contributed by atoms with Crippen molar-refractivity contribution < 1.29 is 4.79 Å². The van der Waals surface area contributed by atoms with E-state index in [4.69, 9.17) is 0 Å². The number of aryl methyl sites for hydroxylation is 1. The number of carbonyl (C=O) groups excluding carboxylic acids is 1. The molecule has 0 aliphatic heterocycles. The Labute approximate surface area is 111 Å². The van der Waals surface area contributed by atoms with Crippen LogP contribution in [0.3, 0.4) is 0 Å². The van der Waals surface area contributed by atoms with E-state index >= 15 is 0 Å². The fraction of sp³-hybridized carbons (Fsp3) is 0.500. The van der Waals surface area contributed by atoms with Crippen molar-refractivity contribution in [2.45, 2.75) is 38.1 Å². The van der Waals surface area contributed by atoms with Gasteiger partial charge in [0, 0.05) is 10.9 Å². The van der Waals surface area contributed by atoms with Crippen LogP contribution in [0.5, 0.6) is 0 Å². The van der Waals surface area contributed by atoms with Gasteiger partial charge in [-0.05, 0) is 31.7 Å². The van der Waals surface area contributed by atoms with Crippen molar-refractivity contribution in [3.05, 3.63) is 35.4 Å². The summed E-state index contributed by atoms with van der Waals surface area (Å²) in [6.07, 6.45) is 3.89. The Balaban J connectivity index is 1.91. The third-order valence-corrected chi connectivity index (χ3v) is 4.53. The van der Waals surface area contributed by atoms with Crippen LogP contribution in [-0.4, -0.2) is 16.8 Å². The van der Waals surface area contributed by atoms with Crippen molar-refractivity contribution in [1.29, 1.82) is 0 Å². The summed E-state index contributed by atoms with van der Waals surface area (Å²) >= 11 is 3.49. The molecule has 0 atom stereocenters. The third-order valence-electron chi connectivity index (χ3n) is 3.46. The maximum atomic E-state index is 11.9. The molecule has 1 aliphatic rings. The van der Waals surface area contributed by atoms with Gasteiger partial charge in [-0.15, -0.1) is 0 Å². The molecule has 0 spiro atoms. The van der Waals surface area contributed by atoms with E-state index in [9.17, 15) is 4.79 Å². The van der Waals surface area contributed by atoms with Crippen LogP contribution in [0.15, 0.2) is 24.3 Å². The quantitative estimate of drug-likeness (QED) is 0.850. The van der Waals surface area contributed by atoms with E-state index < -0.39 is 0 Å². The average molecular weight is 296 g/mol. The lowest BCUT2D eigenvalue weighted by atomic mass is 9.78. The zero-order chi connectivity index (χ0) is 12.3. The summed E-state index contributed by atoms with van der Waals surface area (Å²) in [6.45, 7) is 2.05. The first-order valence-corrected chi connectivity index (χ1v) is 7.18. The Morgan fingerprint density at radius 1 is 1.35 bits per heavy atom. The minimum atomic E-state index is 0.0295. The van der Waals surface area contributed by atoms with Gasteiger partial charge in [0.15, 0.2) is 0 Å². The number of benzene rings is 1. The van der Waals surface area contributed by atoms with Crippen LogP contribution < -0.4 is 5.32 Å². The summed E-state index contributed by atoms with van der Waals surface area (Å²) < 4.78 is 0. The van der Waals surface area contributed by atoms with Gasteiger partial charge >= 0.3 is 0 Å². The first-order valence-electron chi connectivity index (χ1n) is 6.06. The molecule has 3 heteroatoms. The SMILES string of the molecule is Cc1ccc(CC(=O)NC2(CBr)CCC2)cc1. The highest BCUT2D eigenvalue weighted by molar-refractivity contribution is 9.09. The Kier molecular flexibility index (Phi) is 3.87. The van der Waals surface area contributed by atoms with Crippen LogP contribution in [0, 0.1) is 6.92 Å². The van der Waals surface area contributed by atoms with Gasteiger partial charge in [-0.2, -0.15) is 0 Å². The summed E-state index contributed by atoms with van der Waals surface area (Å²) in [7, 11) is 0. The second kappa shape index (κ2) is 5.21. The molecule has 1 fully saturated rings. The standard InChI is InChI=1S/C14H18BrNO/c1-11-3-5-12(6-4-11)9-13(17)16-14(10-15)7-2-8-14/h3-6H,2,7-10H2,1H3,(H,16,17). The zero-order valence-electron chi connectivity index (χ0n) is 10.1. The van der Waals surface area contributed by atoms with Gasteiger partial charge < -0.3 is 5.32 Å². The van der Waals surface area contributed by atoms with Crippen molar-refractivity contribution in [2.75, 3.05) is 5.33 Å². The molecule has 1 aliphatic carbocycles. The number of nitrogens with one attached hydrogen (secondary N) is 1. The number of carbonyl (C=O) groups is 1. The second-order valence-corrected chi connectivity index (χ2v) is 5.54. The summed E-state index contributed by atoms with van der Waals surface area (Å²) in [4.78, 5) is 11.9. The highest BCUT2D eigenvalue weighted by Gasteiger charge is 2.36. The summed E-state index contributed by atoms with van der Waals surface area (Å²) in [5, 5.41) is 4.02. The highest BCUT2D eigenvalue weighted by Crippen LogP contribution is 2.33. The van der Waals surface area contributed by atoms with Crippen molar-refractivity contribution >= 4 is 21.8 Å². The Hall–Kier alpha value is -0.830. The Morgan fingerprint density at radius 3 is 2.47 bits per heavy atom. The molecule has 1 N–H and O–H groups in total. The predicted octanol–water partition coefficient (Wildman–Crippen LogP) is 2.97. The van der Waals surface area contributed by atoms with Crippen LogP contribution in [0.25, 0.3) is 0 Å². The molecule has 0 bridgehead atoms. The van der Waals surface area contributed by atoms with Gasteiger partial charge in [0.1, 0.15) is 0 Å². The minimum Gasteiger partial charge on any atom is -0.350 e. The van der Waals surface area contributed by atoms with E-state index in [2.05, 4.69) is 28.2 Å². The number of amides is 1. The molecular formula is C14H18BrNO. The molecule has 1 aromatic carbocycles. The van der Waals surface area contributed by atoms with E-state index in [0.717, 1.165) is 23.7 Å². The molecule has 2 rings (SSSR count). The van der Waals surface area contributed by atoms with Crippen LogP contribution in [0.4, 0.5) is 0 Å². The van der Waals surface area contributed by atoms with E-state index in [0.29, 0.717) is 6.42 Å². The fourth-order valence-corrected chi connectivity index (χ4v) is 2.83. The van der Waals surface area contributed by atoms with Crippen LogP contribution >= 0.6 is 15.9 Å². The van der Waals surface area contributed by atoms with Crippen molar-refractivity contribution in [3.63, 3.8) is 0 Å². The molecular weight excluding hydrogens is 278 g/mol. The number of hydrogen-bond donors (Lipinski definition) is 1. The lowest BCUT2D eigenvalue weighted by Gasteiger charge is -2.41. The lowest BCUT2D eigenvalue weighted by molar-refractivity contribution is -0.123. The number of alkyl halides is 1. The first-order chi connectivity index (χ1) is 8.13. The predicted molar refractivity (Wildman–Crippen MR) is 73.4 cm³/mol. The Morgan fingerprint density at radius 2 is 2.00 bits per heavy atom. The van der Waals surface area contributed by atoms with Gasteiger partial charge in [-0.25, -0.2) is 0 Å². The molecule has 92 valence electrons. The van der Waals surface area contributed by atoms with Crippen LogP contribution in [-0.2, 0) is 11.2 Å². The van der Waals surface area contributed by atoms with E-state index in [1.807, 2.05) is 24.3 Å². The maximum absolute atomic E-state index is 11.9. The third kappa shape index (κ3) is 3.09. The first kappa shape index (κ1) is 12.6. The largest absolute Gasteiger partial charge is 0.350 e. The highest BCUT2D eigenvalue weighted by atomic mass is 79.9. The molecule has 17 heavy (non-hydrogen) atoms. The molecule has 1 aromatic rings. The molecule has 1 saturated carbocycles. The van der Waals surface area contributed by atoms with E-state index in [-0.39, 0.29) is 11.4 Å². The maximum Gasteiger partial charge on any atom is 0.224 e. The molecule has 2 nitrogen and oxygen atoms in total. The number of halogens is 1. The van der Waals surface area contributed by atoms with E-state index in [1.54, 1.807) is 0 Å². The topological polar surface area (TPSA) is 29.1 Å². The summed E-state index contributed by atoms with van der Waals surface area (Å²) in [5.41, 5.74) is 2.34. The number of hydrogen-bond acceptors (Lipinski definition) is 1. The minimum absolute atomic E-state index is 0.0295. The average Bonchev–Trinajstić information content (AvgIpc) is 2.27. The summed E-state index contributed by atoms with van der Waals surface area (Å²) in [5.74, 6) is 0.132. The monoisotopic (exact) mass is 295 g/mol. The zero-order valence-corrected chi connectivity index (χ0v) is 11.7. The van der Waals surface area contributed by atoms with Gasteiger partial charge in [0.05, 0.1) is 6.42 Å². The summed E-state index contributed by atoms with van der Waals surface area (Å²) in [6, 6.07) is 8.14. The van der Waals surface area contributed by atoms with Gasteiger partial charge in [-0.1, -0.05) is 45.8 Å². The molecule has 1 amide bonds. The van der Waals surface area contributed by atoms with Gasteiger partial charge in [0.2, 0.25) is 5.91 Å². The second-order valence-electron chi connectivity index (χ2n) is 4.98. The fourth-order valence-electron chi connectivity index (χ4n) is 2.13. The van der Waals surface area contributed by atoms with Crippen molar-refractivity contribution in [3.8, 4) is 0 Å². The van der Waals surface area contributed by atoms with Gasteiger partial charge in [0.25, 0.3) is 0 Å². The van der Waals surface area contributed by atoms with E-state index in [1.165, 1.54) is 12.0 Å². The lowest BCUT2D eigenvalue weighted by Crippen LogP contribution is -2.55. The molecule has 0 radical (unpaired) electrons. The Bertz CT molecular complexity index is 390. The molecule has 0 heterocycles.